The van der Waals surface area contributed by atoms with Crippen molar-refractivity contribution in [3.8, 4) is 0 Å². The third kappa shape index (κ3) is 4.35. The molecule has 2 aromatic heterocycles. The van der Waals surface area contributed by atoms with Gasteiger partial charge >= 0.3 is 6.09 Å². The van der Waals surface area contributed by atoms with E-state index in [-0.39, 0.29) is 5.82 Å². The molecule has 0 atom stereocenters. The number of pyridine rings is 1. The topological polar surface area (TPSA) is 67.2 Å². The van der Waals surface area contributed by atoms with E-state index in [1.807, 2.05) is 35.0 Å². The Labute approximate surface area is 145 Å². The summed E-state index contributed by atoms with van der Waals surface area (Å²) in [6.45, 7) is 1.06. The minimum absolute atomic E-state index is 0.214. The summed E-state index contributed by atoms with van der Waals surface area (Å²) in [5.41, 5.74) is 2.65. The van der Waals surface area contributed by atoms with Crippen molar-refractivity contribution in [3.63, 3.8) is 0 Å². The lowest BCUT2D eigenvalue weighted by Gasteiger charge is -2.08. The lowest BCUT2D eigenvalue weighted by atomic mass is 10.1. The van der Waals surface area contributed by atoms with Crippen molar-refractivity contribution in [2.45, 2.75) is 25.8 Å². The summed E-state index contributed by atoms with van der Waals surface area (Å²) < 4.78 is 16.4. The monoisotopic (exact) mass is 341 g/mol. The van der Waals surface area contributed by atoms with Gasteiger partial charge in [-0.25, -0.2) is 9.18 Å². The number of nitrogens with zero attached hydrogens (tertiary/aromatic N) is 2. The van der Waals surface area contributed by atoms with Crippen LogP contribution in [0.25, 0.3) is 10.9 Å². The number of carboxylic acid groups (broad SMARTS) is 1. The van der Waals surface area contributed by atoms with E-state index in [2.05, 4.69) is 10.3 Å². The molecule has 0 aliphatic heterocycles. The number of nitrogens with one attached hydrogen (secondary N) is 1. The van der Waals surface area contributed by atoms with E-state index in [1.165, 1.54) is 0 Å². The summed E-state index contributed by atoms with van der Waals surface area (Å²) in [4.78, 5) is 14.4. The van der Waals surface area contributed by atoms with Crippen LogP contribution in [0.4, 0.5) is 9.18 Å². The number of unbranched alkanes of at least 4 members (excludes halogenated alkanes) is 1. The molecule has 130 valence electrons. The number of halogens is 1. The second kappa shape index (κ2) is 7.79. The zero-order chi connectivity index (χ0) is 17.6. The molecule has 0 saturated carbocycles. The van der Waals surface area contributed by atoms with Crippen LogP contribution in [0.2, 0.25) is 0 Å². The molecule has 0 fully saturated rings. The maximum atomic E-state index is 14.4. The van der Waals surface area contributed by atoms with Gasteiger partial charge in [0.25, 0.3) is 0 Å². The highest BCUT2D eigenvalue weighted by atomic mass is 19.1. The van der Waals surface area contributed by atoms with Crippen molar-refractivity contribution < 1.29 is 14.3 Å². The normalized spacial score (nSPS) is 10.9. The molecule has 0 saturated heterocycles. The highest BCUT2D eigenvalue weighted by molar-refractivity contribution is 5.81. The number of aryl methyl sites for hydroxylation is 1. The molecule has 0 spiro atoms. The Morgan fingerprint density at radius 2 is 2.00 bits per heavy atom. The summed E-state index contributed by atoms with van der Waals surface area (Å²) >= 11 is 0. The molecule has 0 radical (unpaired) electrons. The van der Waals surface area contributed by atoms with Gasteiger partial charge in [0.05, 0.1) is 5.52 Å². The molecule has 1 amide bonds. The minimum Gasteiger partial charge on any atom is -0.465 e. The van der Waals surface area contributed by atoms with Gasteiger partial charge in [-0.3, -0.25) is 4.98 Å². The van der Waals surface area contributed by atoms with Gasteiger partial charge < -0.3 is 15.0 Å². The largest absolute Gasteiger partial charge is 0.465 e. The van der Waals surface area contributed by atoms with Crippen LogP contribution in [0, 0.1) is 5.82 Å². The SMILES string of the molecule is O=C(O)NCCCCc1cc2ccn(Cc3ccncc3)c2cc1F. The Hall–Kier alpha value is -2.89. The number of rotatable bonds is 7. The van der Waals surface area contributed by atoms with Crippen LogP contribution in [0.5, 0.6) is 0 Å². The predicted octanol–water partition coefficient (Wildman–Crippen LogP) is 3.81. The van der Waals surface area contributed by atoms with E-state index in [1.54, 1.807) is 18.5 Å². The molecule has 2 N–H and O–H groups in total. The van der Waals surface area contributed by atoms with Crippen molar-refractivity contribution in [3.05, 3.63) is 65.9 Å². The van der Waals surface area contributed by atoms with Crippen molar-refractivity contribution in [1.29, 1.82) is 0 Å². The van der Waals surface area contributed by atoms with Gasteiger partial charge in [0.1, 0.15) is 5.82 Å². The first-order valence-electron chi connectivity index (χ1n) is 8.26. The van der Waals surface area contributed by atoms with Gasteiger partial charge in [-0.1, -0.05) is 0 Å². The zero-order valence-corrected chi connectivity index (χ0v) is 13.8. The average Bonchev–Trinajstić information content (AvgIpc) is 2.97. The van der Waals surface area contributed by atoms with E-state index >= 15 is 0 Å². The first-order valence-corrected chi connectivity index (χ1v) is 8.26. The van der Waals surface area contributed by atoms with E-state index in [0.29, 0.717) is 31.5 Å². The molecule has 0 bridgehead atoms. The third-order valence-electron chi connectivity index (χ3n) is 4.19. The molecular formula is C19H20FN3O2. The Bertz CT molecular complexity index is 862. The molecule has 0 unspecified atom stereocenters. The smallest absolute Gasteiger partial charge is 0.404 e. The number of hydrogen-bond donors (Lipinski definition) is 2. The van der Waals surface area contributed by atoms with Gasteiger partial charge in [0.2, 0.25) is 0 Å². The Morgan fingerprint density at radius 1 is 1.20 bits per heavy atom. The zero-order valence-electron chi connectivity index (χ0n) is 13.8. The van der Waals surface area contributed by atoms with Gasteiger partial charge in [0.15, 0.2) is 0 Å². The predicted molar refractivity (Wildman–Crippen MR) is 94.2 cm³/mol. The van der Waals surface area contributed by atoms with Gasteiger partial charge in [-0.05, 0) is 60.7 Å². The molecule has 25 heavy (non-hydrogen) atoms. The van der Waals surface area contributed by atoms with Crippen LogP contribution < -0.4 is 5.32 Å². The van der Waals surface area contributed by atoms with Crippen LogP contribution in [0.1, 0.15) is 24.0 Å². The number of carbonyl (C=O) groups is 1. The lowest BCUT2D eigenvalue weighted by Crippen LogP contribution is -2.21. The van der Waals surface area contributed by atoms with E-state index < -0.39 is 6.09 Å². The third-order valence-corrected chi connectivity index (χ3v) is 4.19. The van der Waals surface area contributed by atoms with Gasteiger partial charge in [-0.2, -0.15) is 0 Å². The summed E-state index contributed by atoms with van der Waals surface area (Å²) in [6, 6.07) is 9.36. The fraction of sp³-hybridized carbons (Fsp3) is 0.263. The lowest BCUT2D eigenvalue weighted by molar-refractivity contribution is 0.194. The molecule has 3 rings (SSSR count). The van der Waals surface area contributed by atoms with Crippen molar-refractivity contribution in [1.82, 2.24) is 14.9 Å². The number of amides is 1. The first-order chi connectivity index (χ1) is 12.1. The van der Waals surface area contributed by atoms with E-state index in [0.717, 1.165) is 22.9 Å². The molecule has 3 aromatic rings. The Morgan fingerprint density at radius 3 is 2.76 bits per heavy atom. The molecule has 6 heteroatoms. The quantitative estimate of drug-likeness (QED) is 0.642. The van der Waals surface area contributed by atoms with E-state index in [9.17, 15) is 9.18 Å². The van der Waals surface area contributed by atoms with Crippen molar-refractivity contribution >= 4 is 17.0 Å². The second-order valence-electron chi connectivity index (χ2n) is 5.99. The van der Waals surface area contributed by atoms with Gasteiger partial charge in [-0.15, -0.1) is 0 Å². The molecule has 2 heterocycles. The molecule has 0 aliphatic carbocycles. The highest BCUT2D eigenvalue weighted by Crippen LogP contribution is 2.23. The fourth-order valence-corrected chi connectivity index (χ4v) is 2.91. The first kappa shape index (κ1) is 17.0. The molecule has 5 nitrogen and oxygen atoms in total. The fourth-order valence-electron chi connectivity index (χ4n) is 2.91. The van der Waals surface area contributed by atoms with Crippen LogP contribution in [0.15, 0.2) is 48.9 Å². The minimum atomic E-state index is -1.02. The number of hydrogen-bond acceptors (Lipinski definition) is 2. The average molecular weight is 341 g/mol. The van der Waals surface area contributed by atoms with Gasteiger partial charge in [0, 0.05) is 37.1 Å². The second-order valence-corrected chi connectivity index (χ2v) is 5.99. The molecular weight excluding hydrogens is 321 g/mol. The maximum absolute atomic E-state index is 14.4. The van der Waals surface area contributed by atoms with Crippen molar-refractivity contribution in [2.75, 3.05) is 6.54 Å². The number of fused-ring (bicyclic) bond motifs is 1. The Balaban J connectivity index is 1.69. The summed E-state index contributed by atoms with van der Waals surface area (Å²) in [6.07, 6.45) is 6.46. The number of aromatic nitrogens is 2. The van der Waals surface area contributed by atoms with Crippen molar-refractivity contribution in [2.24, 2.45) is 0 Å². The van der Waals surface area contributed by atoms with Crippen LogP contribution in [-0.2, 0) is 13.0 Å². The van der Waals surface area contributed by atoms with Crippen LogP contribution >= 0.6 is 0 Å². The molecule has 0 aliphatic rings. The van der Waals surface area contributed by atoms with Crippen LogP contribution in [0.3, 0.4) is 0 Å². The Kier molecular flexibility index (Phi) is 5.28. The molecule has 1 aromatic carbocycles. The summed E-state index contributed by atoms with van der Waals surface area (Å²) in [5.74, 6) is -0.214. The van der Waals surface area contributed by atoms with E-state index in [4.69, 9.17) is 5.11 Å². The summed E-state index contributed by atoms with van der Waals surface area (Å²) in [7, 11) is 0. The number of benzene rings is 1. The summed E-state index contributed by atoms with van der Waals surface area (Å²) in [5, 5.41) is 11.8. The van der Waals surface area contributed by atoms with Crippen LogP contribution in [-0.4, -0.2) is 27.3 Å². The maximum Gasteiger partial charge on any atom is 0.404 e. The standard InChI is InChI=1S/C19H20FN3O2/c20-17-12-18-16(11-15(17)3-1-2-7-22-19(24)25)6-10-23(18)13-14-4-8-21-9-5-14/h4-6,8-12,22H,1-3,7,13H2,(H,24,25). The highest BCUT2D eigenvalue weighted by Gasteiger charge is 2.09.